The Bertz CT molecular complexity index is 700. The number of rotatable bonds is 2. The Morgan fingerprint density at radius 1 is 1.35 bits per heavy atom. The molecule has 0 N–H and O–H groups in total. The van der Waals surface area contributed by atoms with Crippen molar-refractivity contribution in [3.63, 3.8) is 0 Å². The number of hydrogen-bond donors (Lipinski definition) is 0. The molecule has 0 unspecified atom stereocenters. The molecule has 0 radical (unpaired) electrons. The maximum atomic E-state index is 12.6. The smallest absolute Gasteiger partial charge is 0.294 e. The number of halogens is 5. The van der Waals surface area contributed by atoms with E-state index in [0.29, 0.717) is 5.56 Å². The van der Waals surface area contributed by atoms with Crippen LogP contribution in [-0.4, -0.2) is 9.55 Å². The quantitative estimate of drug-likeness (QED) is 0.556. The summed E-state index contributed by atoms with van der Waals surface area (Å²) in [5.74, 6) is 0. The van der Waals surface area contributed by atoms with Gasteiger partial charge in [0.1, 0.15) is 8.72 Å². The van der Waals surface area contributed by atoms with E-state index in [2.05, 4.69) is 4.98 Å². The molecule has 0 bridgehead atoms. The highest BCUT2D eigenvalue weighted by atomic mass is 127. The van der Waals surface area contributed by atoms with Gasteiger partial charge in [-0.25, -0.2) is 4.98 Å². The zero-order valence-corrected chi connectivity index (χ0v) is 12.7. The zero-order chi connectivity index (χ0) is 14.9. The Morgan fingerprint density at radius 3 is 2.70 bits per heavy atom. The van der Waals surface area contributed by atoms with E-state index < -0.39 is 11.7 Å². The van der Waals surface area contributed by atoms with Gasteiger partial charge in [-0.2, -0.15) is 13.2 Å². The molecular formula is C12H7ClF3IN2O. The fourth-order valence-corrected chi connectivity index (χ4v) is 2.17. The molecule has 0 fully saturated rings. The number of aromatic nitrogens is 2. The van der Waals surface area contributed by atoms with Gasteiger partial charge in [0.25, 0.3) is 5.56 Å². The second-order valence-electron chi connectivity index (χ2n) is 3.98. The van der Waals surface area contributed by atoms with Gasteiger partial charge >= 0.3 is 6.18 Å². The minimum Gasteiger partial charge on any atom is -0.294 e. The topological polar surface area (TPSA) is 34.9 Å². The molecule has 2 aromatic rings. The van der Waals surface area contributed by atoms with Crippen LogP contribution in [0.25, 0.3) is 0 Å². The van der Waals surface area contributed by atoms with Crippen LogP contribution < -0.4 is 5.56 Å². The summed E-state index contributed by atoms with van der Waals surface area (Å²) < 4.78 is 39.3. The fourth-order valence-electron chi connectivity index (χ4n) is 1.60. The molecule has 0 spiro atoms. The van der Waals surface area contributed by atoms with Crippen LogP contribution in [0.15, 0.2) is 35.4 Å². The SMILES string of the molecule is O=c1c(I)c(Cl)ncn1Cc1cccc(C(F)(F)F)c1. The third-order valence-electron chi connectivity index (χ3n) is 2.55. The number of benzene rings is 1. The van der Waals surface area contributed by atoms with Crippen molar-refractivity contribution < 1.29 is 13.2 Å². The molecule has 0 saturated carbocycles. The van der Waals surface area contributed by atoms with E-state index in [0.717, 1.165) is 12.1 Å². The first-order valence-corrected chi connectivity index (χ1v) is 6.81. The molecule has 0 amide bonds. The van der Waals surface area contributed by atoms with Crippen LogP contribution in [-0.2, 0) is 12.7 Å². The lowest BCUT2D eigenvalue weighted by molar-refractivity contribution is -0.137. The van der Waals surface area contributed by atoms with Crippen molar-refractivity contribution in [1.29, 1.82) is 0 Å². The van der Waals surface area contributed by atoms with E-state index in [4.69, 9.17) is 11.6 Å². The van der Waals surface area contributed by atoms with Gasteiger partial charge in [0, 0.05) is 0 Å². The molecule has 3 nitrogen and oxygen atoms in total. The summed E-state index contributed by atoms with van der Waals surface area (Å²) in [4.78, 5) is 15.7. The van der Waals surface area contributed by atoms with E-state index in [1.807, 2.05) is 0 Å². The van der Waals surface area contributed by atoms with Crippen molar-refractivity contribution in [2.24, 2.45) is 0 Å². The average molecular weight is 415 g/mol. The van der Waals surface area contributed by atoms with Crippen LogP contribution in [0.3, 0.4) is 0 Å². The van der Waals surface area contributed by atoms with Crippen LogP contribution in [0, 0.1) is 3.57 Å². The Hall–Kier alpha value is -1.09. The third kappa shape index (κ3) is 3.32. The van der Waals surface area contributed by atoms with Crippen molar-refractivity contribution in [3.05, 3.63) is 60.8 Å². The van der Waals surface area contributed by atoms with E-state index >= 15 is 0 Å². The summed E-state index contributed by atoms with van der Waals surface area (Å²) in [5, 5.41) is 0.0795. The van der Waals surface area contributed by atoms with Gasteiger partial charge in [0.05, 0.1) is 18.4 Å². The average Bonchev–Trinajstić information content (AvgIpc) is 2.39. The second kappa shape index (κ2) is 5.72. The highest BCUT2D eigenvalue weighted by Gasteiger charge is 2.30. The minimum absolute atomic E-state index is 0.00290. The van der Waals surface area contributed by atoms with Gasteiger partial charge in [-0.15, -0.1) is 0 Å². The van der Waals surface area contributed by atoms with Gasteiger partial charge in [-0.05, 0) is 40.3 Å². The van der Waals surface area contributed by atoms with Crippen LogP contribution in [0.5, 0.6) is 0 Å². The Labute approximate surface area is 130 Å². The first kappa shape index (κ1) is 15.3. The summed E-state index contributed by atoms with van der Waals surface area (Å²) in [5.41, 5.74) is -0.774. The van der Waals surface area contributed by atoms with Crippen molar-refractivity contribution in [2.45, 2.75) is 12.7 Å². The molecule has 1 aromatic carbocycles. The Balaban J connectivity index is 2.36. The molecule has 0 atom stereocenters. The molecule has 2 rings (SSSR count). The number of hydrogen-bond acceptors (Lipinski definition) is 2. The van der Waals surface area contributed by atoms with Gasteiger partial charge in [0.15, 0.2) is 0 Å². The predicted octanol–water partition coefficient (Wildman–Crippen LogP) is 3.57. The molecule has 8 heteroatoms. The van der Waals surface area contributed by atoms with Crippen LogP contribution in [0.2, 0.25) is 5.15 Å². The van der Waals surface area contributed by atoms with Crippen molar-refractivity contribution in [3.8, 4) is 0 Å². The highest BCUT2D eigenvalue weighted by molar-refractivity contribution is 14.1. The number of alkyl halides is 3. The van der Waals surface area contributed by atoms with Crippen molar-refractivity contribution in [1.82, 2.24) is 9.55 Å². The molecule has 106 valence electrons. The first-order chi connectivity index (χ1) is 9.29. The lowest BCUT2D eigenvalue weighted by Crippen LogP contribution is -2.23. The maximum absolute atomic E-state index is 12.6. The molecular weight excluding hydrogens is 407 g/mol. The predicted molar refractivity (Wildman–Crippen MR) is 76.8 cm³/mol. The van der Waals surface area contributed by atoms with Crippen LogP contribution in [0.1, 0.15) is 11.1 Å². The minimum atomic E-state index is -4.41. The van der Waals surface area contributed by atoms with Crippen LogP contribution >= 0.6 is 34.2 Å². The standard InChI is InChI=1S/C12H7ClF3IN2O/c13-10-9(17)11(20)19(6-18-10)5-7-2-1-3-8(4-7)12(14,15)16/h1-4,6H,5H2. The fraction of sp³-hybridized carbons (Fsp3) is 0.167. The lowest BCUT2D eigenvalue weighted by atomic mass is 10.1. The van der Waals surface area contributed by atoms with Gasteiger partial charge in [0.2, 0.25) is 0 Å². The maximum Gasteiger partial charge on any atom is 0.416 e. The molecule has 0 aliphatic heterocycles. The molecule has 0 aliphatic rings. The van der Waals surface area contributed by atoms with E-state index in [1.54, 1.807) is 22.6 Å². The highest BCUT2D eigenvalue weighted by Crippen LogP contribution is 2.29. The van der Waals surface area contributed by atoms with Gasteiger partial charge < -0.3 is 0 Å². The normalized spacial score (nSPS) is 11.7. The third-order valence-corrected chi connectivity index (χ3v) is 4.13. The molecule has 1 aromatic heterocycles. The first-order valence-electron chi connectivity index (χ1n) is 5.35. The zero-order valence-electron chi connectivity index (χ0n) is 9.79. The second-order valence-corrected chi connectivity index (χ2v) is 5.42. The largest absolute Gasteiger partial charge is 0.416 e. The van der Waals surface area contributed by atoms with E-state index in [-0.39, 0.29) is 20.8 Å². The summed E-state index contributed by atoms with van der Waals surface area (Å²) in [7, 11) is 0. The van der Waals surface area contributed by atoms with Crippen molar-refractivity contribution in [2.75, 3.05) is 0 Å². The molecule has 0 saturated heterocycles. The Morgan fingerprint density at radius 2 is 2.05 bits per heavy atom. The van der Waals surface area contributed by atoms with Gasteiger partial charge in [-0.3, -0.25) is 9.36 Å². The van der Waals surface area contributed by atoms with E-state index in [9.17, 15) is 18.0 Å². The molecule has 20 heavy (non-hydrogen) atoms. The number of nitrogens with zero attached hydrogens (tertiary/aromatic N) is 2. The summed E-state index contributed by atoms with van der Waals surface area (Å²) >= 11 is 7.44. The Kier molecular flexibility index (Phi) is 4.38. The molecule has 0 aliphatic carbocycles. The summed E-state index contributed by atoms with van der Waals surface area (Å²) in [6.45, 7) is 0.00290. The lowest BCUT2D eigenvalue weighted by Gasteiger charge is -2.10. The summed E-state index contributed by atoms with van der Waals surface area (Å²) in [6, 6.07) is 4.81. The van der Waals surface area contributed by atoms with Crippen molar-refractivity contribution >= 4 is 34.2 Å². The summed E-state index contributed by atoms with van der Waals surface area (Å²) in [6.07, 6.45) is -3.19. The van der Waals surface area contributed by atoms with Crippen LogP contribution in [0.4, 0.5) is 13.2 Å². The molecule has 1 heterocycles. The monoisotopic (exact) mass is 414 g/mol. The van der Waals surface area contributed by atoms with E-state index in [1.165, 1.54) is 23.0 Å². The van der Waals surface area contributed by atoms with Gasteiger partial charge in [-0.1, -0.05) is 23.7 Å².